The monoisotopic (exact) mass is 247 g/mol. The first kappa shape index (κ1) is 13.0. The summed E-state index contributed by atoms with van der Waals surface area (Å²) in [5, 5.41) is 3.21. The van der Waals surface area contributed by atoms with E-state index in [1.54, 1.807) is 7.11 Å². The first-order valence-electron chi connectivity index (χ1n) is 6.24. The molecule has 0 radical (unpaired) electrons. The smallest absolute Gasteiger partial charge is 0.327 e. The summed E-state index contributed by atoms with van der Waals surface area (Å²) in [6.45, 7) is 3.01. The van der Waals surface area contributed by atoms with Crippen molar-refractivity contribution in [2.24, 2.45) is 0 Å². The van der Waals surface area contributed by atoms with Crippen LogP contribution in [0.5, 0.6) is 5.75 Å². The first-order chi connectivity index (χ1) is 8.67. The van der Waals surface area contributed by atoms with Crippen molar-refractivity contribution in [1.82, 2.24) is 5.32 Å². The van der Waals surface area contributed by atoms with E-state index in [9.17, 15) is 4.79 Å². The summed E-state index contributed by atoms with van der Waals surface area (Å²) in [5.41, 5.74) is 3.21. The summed E-state index contributed by atoms with van der Waals surface area (Å²) in [7, 11) is 3.65. The maximum absolute atomic E-state index is 11.9. The van der Waals surface area contributed by atoms with E-state index in [1.165, 1.54) is 0 Å². The summed E-state index contributed by atoms with van der Waals surface area (Å²) in [4.78, 5) is 11.9. The lowest BCUT2D eigenvalue weighted by atomic mass is 9.85. The van der Waals surface area contributed by atoms with Crippen LogP contribution in [0.1, 0.15) is 24.1 Å². The van der Waals surface area contributed by atoms with Gasteiger partial charge in [0, 0.05) is 6.54 Å². The van der Waals surface area contributed by atoms with E-state index >= 15 is 0 Å². The Hall–Kier alpha value is -1.49. The molecule has 1 aliphatic heterocycles. The number of hydrogen-bond acceptors (Lipinski definition) is 4. The maximum atomic E-state index is 11.9. The number of methoxy groups -OCH3 is 1. The standard InChI is InChI=1S/C13H18BNO3/c1-3-18-13(16)12-9-7-10(14)11(17-2)6-8(9)4-5-15-12/h6-7,12,15H,3-5,14H2,1-2H3. The lowest BCUT2D eigenvalue weighted by Crippen LogP contribution is -2.37. The van der Waals surface area contributed by atoms with Crippen LogP contribution >= 0.6 is 0 Å². The molecule has 1 aromatic rings. The number of carbonyl (C=O) groups is 1. The number of hydrogen-bond donors (Lipinski definition) is 1. The number of rotatable bonds is 3. The van der Waals surface area contributed by atoms with Crippen LogP contribution < -0.4 is 15.5 Å². The SMILES string of the molecule is Bc1cc2c(cc1OC)CCNC2C(=O)OCC. The third-order valence-corrected chi connectivity index (χ3v) is 3.23. The van der Waals surface area contributed by atoms with Gasteiger partial charge in [-0.15, -0.1) is 0 Å². The minimum Gasteiger partial charge on any atom is -0.497 e. The Bertz CT molecular complexity index is 462. The lowest BCUT2D eigenvalue weighted by molar-refractivity contribution is -0.146. The van der Waals surface area contributed by atoms with Crippen molar-refractivity contribution in [3.63, 3.8) is 0 Å². The second-order valence-corrected chi connectivity index (χ2v) is 4.41. The first-order valence-corrected chi connectivity index (χ1v) is 6.24. The Balaban J connectivity index is 2.37. The van der Waals surface area contributed by atoms with Gasteiger partial charge in [-0.2, -0.15) is 0 Å². The molecule has 0 saturated heterocycles. The number of ether oxygens (including phenoxy) is 2. The second-order valence-electron chi connectivity index (χ2n) is 4.41. The normalized spacial score (nSPS) is 18.0. The van der Waals surface area contributed by atoms with Gasteiger partial charge in [0.05, 0.1) is 13.7 Å². The summed E-state index contributed by atoms with van der Waals surface area (Å²) in [6, 6.07) is 3.69. The molecule has 0 spiro atoms. The summed E-state index contributed by atoms with van der Waals surface area (Å²) >= 11 is 0. The van der Waals surface area contributed by atoms with Gasteiger partial charge in [0.2, 0.25) is 0 Å². The lowest BCUT2D eigenvalue weighted by Gasteiger charge is -2.26. The summed E-state index contributed by atoms with van der Waals surface area (Å²) < 4.78 is 10.4. The van der Waals surface area contributed by atoms with Crippen LogP contribution in [0.4, 0.5) is 0 Å². The highest BCUT2D eigenvalue weighted by molar-refractivity contribution is 6.34. The van der Waals surface area contributed by atoms with E-state index < -0.39 is 0 Å². The van der Waals surface area contributed by atoms with Crippen LogP contribution in [0, 0.1) is 0 Å². The van der Waals surface area contributed by atoms with Crippen molar-refractivity contribution in [3.05, 3.63) is 23.3 Å². The van der Waals surface area contributed by atoms with E-state index in [1.807, 2.05) is 26.9 Å². The molecule has 1 atom stereocenters. The van der Waals surface area contributed by atoms with Crippen LogP contribution in [0.25, 0.3) is 0 Å². The Kier molecular flexibility index (Phi) is 3.92. The molecule has 1 aromatic carbocycles. The topological polar surface area (TPSA) is 47.6 Å². The average Bonchev–Trinajstić information content (AvgIpc) is 2.37. The van der Waals surface area contributed by atoms with Gasteiger partial charge < -0.3 is 14.8 Å². The van der Waals surface area contributed by atoms with Gasteiger partial charge in [-0.1, -0.05) is 6.07 Å². The van der Waals surface area contributed by atoms with E-state index in [2.05, 4.69) is 5.32 Å². The largest absolute Gasteiger partial charge is 0.497 e. The number of esters is 1. The zero-order chi connectivity index (χ0) is 13.1. The number of fused-ring (bicyclic) bond motifs is 1. The molecular weight excluding hydrogens is 229 g/mol. The minimum absolute atomic E-state index is 0.206. The van der Waals surface area contributed by atoms with Crippen LogP contribution in [-0.4, -0.2) is 34.1 Å². The van der Waals surface area contributed by atoms with Gasteiger partial charge in [0.25, 0.3) is 0 Å². The van der Waals surface area contributed by atoms with Crippen LogP contribution in [-0.2, 0) is 16.0 Å². The highest BCUT2D eigenvalue weighted by Crippen LogP contribution is 2.26. The van der Waals surface area contributed by atoms with Crippen LogP contribution in [0.15, 0.2) is 12.1 Å². The zero-order valence-electron chi connectivity index (χ0n) is 11.1. The highest BCUT2D eigenvalue weighted by Gasteiger charge is 2.27. The van der Waals surface area contributed by atoms with Gasteiger partial charge in [-0.25, -0.2) is 4.79 Å². The van der Waals surface area contributed by atoms with Crippen molar-refractivity contribution in [2.45, 2.75) is 19.4 Å². The number of carbonyl (C=O) groups excluding carboxylic acids is 1. The molecule has 1 heterocycles. The van der Waals surface area contributed by atoms with Crippen molar-refractivity contribution in [2.75, 3.05) is 20.3 Å². The molecule has 0 amide bonds. The minimum atomic E-state index is -0.349. The molecular formula is C13H18BNO3. The predicted molar refractivity (Wildman–Crippen MR) is 72.3 cm³/mol. The fourth-order valence-corrected chi connectivity index (χ4v) is 2.35. The molecule has 96 valence electrons. The molecule has 0 aliphatic carbocycles. The fraction of sp³-hybridized carbons (Fsp3) is 0.462. The molecule has 2 rings (SSSR count). The van der Waals surface area contributed by atoms with Crippen LogP contribution in [0.2, 0.25) is 0 Å². The predicted octanol–water partition coefficient (Wildman–Crippen LogP) is -0.297. The molecule has 4 nitrogen and oxygen atoms in total. The maximum Gasteiger partial charge on any atom is 0.327 e. The Morgan fingerprint density at radius 2 is 2.33 bits per heavy atom. The van der Waals surface area contributed by atoms with Gasteiger partial charge in [-0.3, -0.25) is 0 Å². The van der Waals surface area contributed by atoms with Crippen molar-refractivity contribution < 1.29 is 14.3 Å². The summed E-state index contributed by atoms with van der Waals surface area (Å²) in [5.74, 6) is 0.668. The molecule has 5 heteroatoms. The van der Waals surface area contributed by atoms with Crippen LogP contribution in [0.3, 0.4) is 0 Å². The van der Waals surface area contributed by atoms with Gasteiger partial charge >= 0.3 is 5.97 Å². The quantitative estimate of drug-likeness (QED) is 0.588. The molecule has 1 aliphatic rings. The third-order valence-electron chi connectivity index (χ3n) is 3.23. The second kappa shape index (κ2) is 5.44. The third kappa shape index (κ3) is 2.36. The zero-order valence-corrected chi connectivity index (χ0v) is 11.1. The number of nitrogens with one attached hydrogen (secondary N) is 1. The van der Waals surface area contributed by atoms with E-state index in [0.29, 0.717) is 6.61 Å². The van der Waals surface area contributed by atoms with E-state index in [0.717, 1.165) is 35.3 Å². The molecule has 0 fully saturated rings. The Morgan fingerprint density at radius 1 is 1.56 bits per heavy atom. The molecule has 0 saturated carbocycles. The number of benzene rings is 1. The Morgan fingerprint density at radius 3 is 3.00 bits per heavy atom. The van der Waals surface area contributed by atoms with E-state index in [-0.39, 0.29) is 12.0 Å². The average molecular weight is 247 g/mol. The highest BCUT2D eigenvalue weighted by atomic mass is 16.5. The van der Waals surface area contributed by atoms with Gasteiger partial charge in [0.15, 0.2) is 0 Å². The Labute approximate surface area is 108 Å². The van der Waals surface area contributed by atoms with Crippen molar-refractivity contribution >= 4 is 19.3 Å². The van der Waals surface area contributed by atoms with Crippen molar-refractivity contribution in [1.29, 1.82) is 0 Å². The van der Waals surface area contributed by atoms with E-state index in [4.69, 9.17) is 9.47 Å². The van der Waals surface area contributed by atoms with Gasteiger partial charge in [-0.05, 0) is 36.0 Å². The molecule has 1 unspecified atom stereocenters. The molecule has 0 bridgehead atoms. The molecule has 1 N–H and O–H groups in total. The van der Waals surface area contributed by atoms with Crippen molar-refractivity contribution in [3.8, 4) is 5.75 Å². The summed E-state index contributed by atoms with van der Waals surface area (Å²) in [6.07, 6.45) is 0.905. The van der Waals surface area contributed by atoms with Gasteiger partial charge in [0.1, 0.15) is 19.6 Å². The molecule has 18 heavy (non-hydrogen) atoms. The molecule has 0 aromatic heterocycles. The fourth-order valence-electron chi connectivity index (χ4n) is 2.35.